The Hall–Kier alpha value is -3.14. The van der Waals surface area contributed by atoms with E-state index in [0.717, 1.165) is 41.5 Å². The fourth-order valence-corrected chi connectivity index (χ4v) is 4.33. The van der Waals surface area contributed by atoms with E-state index in [9.17, 15) is 4.79 Å². The highest BCUT2D eigenvalue weighted by Gasteiger charge is 2.23. The maximum absolute atomic E-state index is 12.5. The van der Waals surface area contributed by atoms with E-state index in [1.54, 1.807) is 0 Å². The van der Waals surface area contributed by atoms with Gasteiger partial charge in [0, 0.05) is 22.9 Å². The molecule has 3 heterocycles. The summed E-state index contributed by atoms with van der Waals surface area (Å²) in [5.74, 6) is -0.371. The number of fused-ring (bicyclic) bond motifs is 3. The number of hydrogen-bond donors (Lipinski definition) is 0. The highest BCUT2D eigenvalue weighted by Crippen LogP contribution is 2.39. The standard InChI is InChI=1S/C24H22N2O2/c1-3-28-24(27)20-14-19-18-8-4-6-17-7-5-13-26(22(17)18)23(19)21(25-20)16-11-9-15(2)10-12-16/h4,6,8-12,14H,3,5,7,13H2,1-2H3. The predicted octanol–water partition coefficient (Wildman–Crippen LogP) is 5.29. The molecule has 2 aromatic heterocycles. The summed E-state index contributed by atoms with van der Waals surface area (Å²) in [7, 11) is 0. The van der Waals surface area contributed by atoms with Crippen molar-refractivity contribution in [3.63, 3.8) is 0 Å². The van der Waals surface area contributed by atoms with E-state index in [1.807, 2.05) is 13.0 Å². The van der Waals surface area contributed by atoms with Crippen molar-refractivity contribution in [2.75, 3.05) is 6.61 Å². The lowest BCUT2D eigenvalue weighted by Crippen LogP contribution is -2.10. The van der Waals surface area contributed by atoms with Crippen LogP contribution in [-0.2, 0) is 17.7 Å². The molecule has 5 rings (SSSR count). The third-order valence-electron chi connectivity index (χ3n) is 5.58. The molecule has 140 valence electrons. The number of benzene rings is 2. The lowest BCUT2D eigenvalue weighted by molar-refractivity contribution is 0.0520. The molecule has 0 unspecified atom stereocenters. The van der Waals surface area contributed by atoms with E-state index in [-0.39, 0.29) is 5.97 Å². The third kappa shape index (κ3) is 2.52. The topological polar surface area (TPSA) is 44.1 Å². The zero-order valence-corrected chi connectivity index (χ0v) is 16.2. The van der Waals surface area contributed by atoms with Gasteiger partial charge in [-0.15, -0.1) is 0 Å². The molecule has 0 saturated heterocycles. The number of aryl methyl sites for hydroxylation is 3. The predicted molar refractivity (Wildman–Crippen MR) is 112 cm³/mol. The molecule has 1 aliphatic heterocycles. The van der Waals surface area contributed by atoms with Gasteiger partial charge < -0.3 is 9.30 Å². The second-order valence-corrected chi connectivity index (χ2v) is 7.41. The lowest BCUT2D eigenvalue weighted by Gasteiger charge is -2.17. The van der Waals surface area contributed by atoms with Crippen LogP contribution in [0.2, 0.25) is 0 Å². The average Bonchev–Trinajstić information content (AvgIpc) is 3.04. The number of hydrogen-bond acceptors (Lipinski definition) is 3. The molecule has 0 bridgehead atoms. The average molecular weight is 370 g/mol. The molecule has 0 aliphatic carbocycles. The Labute approximate surface area is 163 Å². The molecule has 4 heteroatoms. The fraction of sp³-hybridized carbons (Fsp3) is 0.250. The highest BCUT2D eigenvalue weighted by molar-refractivity contribution is 6.14. The van der Waals surface area contributed by atoms with Crippen LogP contribution in [0.25, 0.3) is 33.1 Å². The van der Waals surface area contributed by atoms with E-state index >= 15 is 0 Å². The van der Waals surface area contributed by atoms with E-state index in [1.165, 1.54) is 22.0 Å². The second-order valence-electron chi connectivity index (χ2n) is 7.41. The summed E-state index contributed by atoms with van der Waals surface area (Å²) in [5, 5.41) is 2.26. The van der Waals surface area contributed by atoms with Crippen molar-refractivity contribution < 1.29 is 9.53 Å². The summed E-state index contributed by atoms with van der Waals surface area (Å²) in [5.41, 5.74) is 7.20. The number of carbonyl (C=O) groups excluding carboxylic acids is 1. The van der Waals surface area contributed by atoms with Gasteiger partial charge in [-0.2, -0.15) is 0 Å². The Morgan fingerprint density at radius 1 is 1.11 bits per heavy atom. The van der Waals surface area contributed by atoms with Crippen molar-refractivity contribution >= 4 is 27.8 Å². The third-order valence-corrected chi connectivity index (χ3v) is 5.58. The van der Waals surface area contributed by atoms with Crippen molar-refractivity contribution in [1.29, 1.82) is 0 Å². The summed E-state index contributed by atoms with van der Waals surface area (Å²) in [6, 6.07) is 16.7. The Balaban J connectivity index is 1.90. The van der Waals surface area contributed by atoms with Gasteiger partial charge >= 0.3 is 5.97 Å². The number of carbonyl (C=O) groups is 1. The van der Waals surface area contributed by atoms with Crippen LogP contribution in [0, 0.1) is 6.92 Å². The Morgan fingerprint density at radius 3 is 2.71 bits per heavy atom. The first-order valence-electron chi connectivity index (χ1n) is 9.86. The van der Waals surface area contributed by atoms with Crippen LogP contribution in [0.4, 0.5) is 0 Å². The van der Waals surface area contributed by atoms with Crippen LogP contribution < -0.4 is 0 Å². The summed E-state index contributed by atoms with van der Waals surface area (Å²) in [4.78, 5) is 17.3. The van der Waals surface area contributed by atoms with Crippen LogP contribution in [-0.4, -0.2) is 22.1 Å². The van der Waals surface area contributed by atoms with Crippen molar-refractivity contribution in [2.24, 2.45) is 0 Å². The van der Waals surface area contributed by atoms with Gasteiger partial charge in [-0.05, 0) is 38.3 Å². The molecular formula is C24H22N2O2. The monoisotopic (exact) mass is 370 g/mol. The quantitative estimate of drug-likeness (QED) is 0.460. The van der Waals surface area contributed by atoms with Crippen LogP contribution in [0.5, 0.6) is 0 Å². The van der Waals surface area contributed by atoms with Gasteiger partial charge in [0.05, 0.1) is 23.3 Å². The highest BCUT2D eigenvalue weighted by atomic mass is 16.5. The van der Waals surface area contributed by atoms with Crippen molar-refractivity contribution in [3.8, 4) is 11.3 Å². The molecule has 4 aromatic rings. The summed E-state index contributed by atoms with van der Waals surface area (Å²) < 4.78 is 7.65. The molecule has 28 heavy (non-hydrogen) atoms. The number of nitrogens with zero attached hydrogens (tertiary/aromatic N) is 2. The Morgan fingerprint density at radius 2 is 1.93 bits per heavy atom. The van der Waals surface area contributed by atoms with Crippen LogP contribution in [0.3, 0.4) is 0 Å². The Bertz CT molecular complexity index is 1220. The zero-order valence-electron chi connectivity index (χ0n) is 16.2. The van der Waals surface area contributed by atoms with Crippen molar-refractivity contribution in [2.45, 2.75) is 33.2 Å². The van der Waals surface area contributed by atoms with Gasteiger partial charge in [-0.3, -0.25) is 0 Å². The van der Waals surface area contributed by atoms with Gasteiger partial charge in [-0.25, -0.2) is 9.78 Å². The van der Waals surface area contributed by atoms with Gasteiger partial charge in [-0.1, -0.05) is 48.0 Å². The smallest absolute Gasteiger partial charge is 0.356 e. The van der Waals surface area contributed by atoms with Crippen LogP contribution in [0.1, 0.15) is 35.0 Å². The first-order valence-corrected chi connectivity index (χ1v) is 9.86. The molecule has 0 spiro atoms. The molecule has 0 fully saturated rings. The number of pyridine rings is 1. The number of aromatic nitrogens is 2. The lowest BCUT2D eigenvalue weighted by atomic mass is 10.0. The summed E-state index contributed by atoms with van der Waals surface area (Å²) in [6.07, 6.45) is 2.20. The number of para-hydroxylation sites is 1. The molecule has 0 N–H and O–H groups in total. The maximum Gasteiger partial charge on any atom is 0.356 e. The molecule has 1 aliphatic rings. The van der Waals surface area contributed by atoms with E-state index in [2.05, 4.69) is 54.0 Å². The van der Waals surface area contributed by atoms with E-state index in [4.69, 9.17) is 9.72 Å². The first-order chi connectivity index (χ1) is 13.7. The maximum atomic E-state index is 12.5. The summed E-state index contributed by atoms with van der Waals surface area (Å²) in [6.45, 7) is 5.20. The minimum Gasteiger partial charge on any atom is -0.461 e. The zero-order chi connectivity index (χ0) is 19.3. The Kier molecular flexibility index (Phi) is 3.93. The molecule has 0 radical (unpaired) electrons. The normalized spacial score (nSPS) is 13.2. The van der Waals surface area contributed by atoms with Crippen LogP contribution in [0.15, 0.2) is 48.5 Å². The summed E-state index contributed by atoms with van der Waals surface area (Å²) >= 11 is 0. The molecule has 0 atom stereocenters. The molecule has 2 aromatic carbocycles. The molecule has 0 saturated carbocycles. The SMILES string of the molecule is CCOC(=O)c1cc2c3cccc4c3n(c2c(-c2ccc(C)cc2)n1)CCC4. The number of esters is 1. The van der Waals surface area contributed by atoms with Gasteiger partial charge in [0.1, 0.15) is 5.69 Å². The van der Waals surface area contributed by atoms with Crippen molar-refractivity contribution in [3.05, 3.63) is 65.4 Å². The second kappa shape index (κ2) is 6.48. The van der Waals surface area contributed by atoms with Gasteiger partial charge in [0.25, 0.3) is 0 Å². The largest absolute Gasteiger partial charge is 0.461 e. The van der Waals surface area contributed by atoms with Crippen molar-refractivity contribution in [1.82, 2.24) is 9.55 Å². The fourth-order valence-electron chi connectivity index (χ4n) is 4.33. The molecule has 0 amide bonds. The number of ether oxygens (including phenoxy) is 1. The van der Waals surface area contributed by atoms with Gasteiger partial charge in [0.2, 0.25) is 0 Å². The van der Waals surface area contributed by atoms with Crippen LogP contribution >= 0.6 is 0 Å². The minimum absolute atomic E-state index is 0.338. The molecular weight excluding hydrogens is 348 g/mol. The minimum atomic E-state index is -0.371. The van der Waals surface area contributed by atoms with Gasteiger partial charge in [0.15, 0.2) is 0 Å². The van der Waals surface area contributed by atoms with E-state index in [0.29, 0.717) is 12.3 Å². The number of rotatable bonds is 3. The first kappa shape index (κ1) is 17.0. The van der Waals surface area contributed by atoms with E-state index < -0.39 is 0 Å². The molecule has 4 nitrogen and oxygen atoms in total.